The third-order valence-corrected chi connectivity index (χ3v) is 16.5. The molecule has 0 saturated carbocycles. The minimum Gasteiger partial charge on any atom is -0.394 e. The van der Waals surface area contributed by atoms with E-state index in [1.54, 1.807) is 6.08 Å². The standard InChI is InChI=1S/C67H119NO18/c1-3-5-7-9-11-13-15-16-17-18-19-20-21-22-23-24-25-26-27-28-29-30-31-32-33-34-35-37-39-41-43-45-55(73)68-50(51(72)44-42-40-38-36-14-12-10-8-6-4-2)49-81-65-61(79)58(76)63(53(47-70)83-65)86-67-62(80)59(77)64(54(48-71)84-67)85-66-60(78)57(75)56(74)52(46-69)82-66/h14-16,18-19,21-22,36,42,44,50-54,56-67,69-72,74-80H,3-13,17,20,23-35,37-41,43,45-49H2,1-2H3,(H,68,73)/b16-15-,19-18-,22-21-,36-14+,44-42+. The Morgan fingerprint density at radius 1 is 0.419 bits per heavy atom. The summed E-state index contributed by atoms with van der Waals surface area (Å²) in [6.45, 7) is 1.65. The van der Waals surface area contributed by atoms with Crippen LogP contribution >= 0.6 is 0 Å². The zero-order valence-electron chi connectivity index (χ0n) is 52.5. The first-order valence-electron chi connectivity index (χ1n) is 33.5. The molecule has 17 unspecified atom stereocenters. The Morgan fingerprint density at radius 3 is 1.26 bits per heavy atom. The van der Waals surface area contributed by atoms with E-state index in [1.165, 1.54) is 141 Å². The molecule has 17 atom stereocenters. The van der Waals surface area contributed by atoms with Gasteiger partial charge in [-0.1, -0.05) is 209 Å². The first-order chi connectivity index (χ1) is 41.8. The Balaban J connectivity index is 1.36. The highest BCUT2D eigenvalue weighted by Crippen LogP contribution is 2.33. The van der Waals surface area contributed by atoms with Gasteiger partial charge >= 0.3 is 0 Å². The van der Waals surface area contributed by atoms with Gasteiger partial charge in [0.1, 0.15) is 73.2 Å². The molecule has 0 aliphatic carbocycles. The SMILES string of the molecule is CCCCCC/C=C/CC/C=C/C(O)C(COC1OC(CO)C(OC2OC(CO)C(OC3OC(CO)C(O)C(O)C3O)C(O)C2O)C(O)C1O)NC(=O)CCCCCCCCCCCCCCCCCC/C=C\C/C=C\C/C=C\CCCCCCC. The molecule has 19 nitrogen and oxygen atoms in total. The van der Waals surface area contributed by atoms with E-state index in [4.69, 9.17) is 28.4 Å². The van der Waals surface area contributed by atoms with Crippen LogP contribution in [0.15, 0.2) is 60.8 Å². The zero-order chi connectivity index (χ0) is 62.6. The molecule has 3 heterocycles. The van der Waals surface area contributed by atoms with Crippen molar-refractivity contribution in [2.75, 3.05) is 26.4 Å². The summed E-state index contributed by atoms with van der Waals surface area (Å²) < 4.78 is 34.2. The quantitative estimate of drug-likeness (QED) is 0.0203. The van der Waals surface area contributed by atoms with Crippen LogP contribution in [0.2, 0.25) is 0 Å². The van der Waals surface area contributed by atoms with Gasteiger partial charge in [0, 0.05) is 6.42 Å². The zero-order valence-corrected chi connectivity index (χ0v) is 52.5. The molecule has 3 saturated heterocycles. The van der Waals surface area contributed by atoms with Crippen molar-refractivity contribution >= 4 is 5.91 Å². The van der Waals surface area contributed by atoms with Crippen LogP contribution in [-0.4, -0.2) is 193 Å². The van der Waals surface area contributed by atoms with Crippen LogP contribution < -0.4 is 5.32 Å². The molecule has 0 aromatic rings. The van der Waals surface area contributed by atoms with E-state index in [-0.39, 0.29) is 18.9 Å². The molecule has 3 fully saturated rings. The smallest absolute Gasteiger partial charge is 0.220 e. The normalized spacial score (nSPS) is 29.2. The van der Waals surface area contributed by atoms with Gasteiger partial charge in [-0.15, -0.1) is 0 Å². The molecule has 86 heavy (non-hydrogen) atoms. The summed E-state index contributed by atoms with van der Waals surface area (Å²) in [6, 6.07) is -0.989. The number of aliphatic hydroxyl groups excluding tert-OH is 11. The topological polar surface area (TPSA) is 307 Å². The molecule has 1 amide bonds. The lowest BCUT2D eigenvalue weighted by atomic mass is 9.96. The number of nitrogens with one attached hydrogen (secondary N) is 1. The fourth-order valence-corrected chi connectivity index (χ4v) is 11.0. The molecule has 0 aromatic carbocycles. The van der Waals surface area contributed by atoms with Crippen molar-refractivity contribution in [1.29, 1.82) is 0 Å². The van der Waals surface area contributed by atoms with Crippen molar-refractivity contribution < 1.29 is 89.4 Å². The second-order valence-corrected chi connectivity index (χ2v) is 23.9. The molecule has 3 rings (SSSR count). The average molecular weight is 1230 g/mol. The van der Waals surface area contributed by atoms with Crippen molar-refractivity contribution in [2.24, 2.45) is 0 Å². The number of ether oxygens (including phenoxy) is 6. The highest BCUT2D eigenvalue weighted by molar-refractivity contribution is 5.76. The van der Waals surface area contributed by atoms with Crippen LogP contribution in [0.3, 0.4) is 0 Å². The predicted octanol–water partition coefficient (Wildman–Crippen LogP) is 7.99. The summed E-state index contributed by atoms with van der Waals surface area (Å²) in [5.41, 5.74) is 0. The summed E-state index contributed by atoms with van der Waals surface area (Å²) in [4.78, 5) is 13.3. The summed E-state index contributed by atoms with van der Waals surface area (Å²) in [6.07, 6.45) is 32.4. The van der Waals surface area contributed by atoms with Gasteiger partial charge in [0.05, 0.1) is 38.6 Å². The first kappa shape index (κ1) is 77.7. The molecule has 3 aliphatic rings. The molecule has 0 aromatic heterocycles. The molecule has 0 radical (unpaired) electrons. The molecule has 12 N–H and O–H groups in total. The van der Waals surface area contributed by atoms with Crippen molar-refractivity contribution in [3.63, 3.8) is 0 Å². The molecular weight excluding hydrogens is 1110 g/mol. The molecule has 0 bridgehead atoms. The van der Waals surface area contributed by atoms with Gasteiger partial charge in [0.2, 0.25) is 5.91 Å². The maximum atomic E-state index is 13.3. The lowest BCUT2D eigenvalue weighted by Crippen LogP contribution is -2.66. The van der Waals surface area contributed by atoms with Gasteiger partial charge in [-0.3, -0.25) is 4.79 Å². The third kappa shape index (κ3) is 31.5. The van der Waals surface area contributed by atoms with E-state index < -0.39 is 124 Å². The van der Waals surface area contributed by atoms with Crippen molar-refractivity contribution in [2.45, 2.75) is 330 Å². The summed E-state index contributed by atoms with van der Waals surface area (Å²) in [7, 11) is 0. The van der Waals surface area contributed by atoms with Gasteiger partial charge in [-0.05, 0) is 70.6 Å². The maximum Gasteiger partial charge on any atom is 0.220 e. The fraction of sp³-hybridized carbons (Fsp3) is 0.836. The second-order valence-electron chi connectivity index (χ2n) is 23.9. The minimum atomic E-state index is -1.98. The summed E-state index contributed by atoms with van der Waals surface area (Å²) in [5, 5.41) is 120. The van der Waals surface area contributed by atoms with Gasteiger partial charge in [-0.2, -0.15) is 0 Å². The van der Waals surface area contributed by atoms with E-state index in [9.17, 15) is 61.0 Å². The van der Waals surface area contributed by atoms with Gasteiger partial charge in [0.15, 0.2) is 18.9 Å². The van der Waals surface area contributed by atoms with Gasteiger partial charge in [-0.25, -0.2) is 0 Å². The van der Waals surface area contributed by atoms with Crippen molar-refractivity contribution in [3.8, 4) is 0 Å². The Kier molecular flexibility index (Phi) is 44.5. The Labute approximate surface area is 515 Å². The number of amides is 1. The lowest BCUT2D eigenvalue weighted by Gasteiger charge is -2.48. The van der Waals surface area contributed by atoms with E-state index in [0.29, 0.717) is 12.8 Å². The van der Waals surface area contributed by atoms with Crippen LogP contribution in [0, 0.1) is 0 Å². The van der Waals surface area contributed by atoms with E-state index >= 15 is 0 Å². The number of rotatable bonds is 50. The lowest BCUT2D eigenvalue weighted by molar-refractivity contribution is -0.379. The van der Waals surface area contributed by atoms with Crippen molar-refractivity contribution in [1.82, 2.24) is 5.32 Å². The highest BCUT2D eigenvalue weighted by atomic mass is 16.8. The van der Waals surface area contributed by atoms with Gasteiger partial charge in [0.25, 0.3) is 0 Å². The number of hydrogen-bond donors (Lipinski definition) is 12. The predicted molar refractivity (Wildman–Crippen MR) is 332 cm³/mol. The van der Waals surface area contributed by atoms with Crippen LogP contribution in [0.1, 0.15) is 226 Å². The van der Waals surface area contributed by atoms with Crippen LogP contribution in [-0.2, 0) is 33.2 Å². The average Bonchev–Trinajstić information content (AvgIpc) is 2.05. The van der Waals surface area contributed by atoms with Crippen molar-refractivity contribution in [3.05, 3.63) is 60.8 Å². The van der Waals surface area contributed by atoms with Crippen LogP contribution in [0.4, 0.5) is 0 Å². The highest BCUT2D eigenvalue weighted by Gasteiger charge is 2.53. The Morgan fingerprint density at radius 2 is 0.779 bits per heavy atom. The first-order valence-corrected chi connectivity index (χ1v) is 33.5. The Hall–Kier alpha value is -2.51. The van der Waals surface area contributed by atoms with E-state index in [1.807, 2.05) is 6.08 Å². The molecule has 0 spiro atoms. The number of carbonyl (C=O) groups excluding carboxylic acids is 1. The number of aliphatic hydroxyl groups is 11. The summed E-state index contributed by atoms with van der Waals surface area (Å²) in [5.74, 6) is -0.288. The minimum absolute atomic E-state index is 0.234. The number of allylic oxidation sites excluding steroid dienone is 9. The molecule has 3 aliphatic heterocycles. The maximum absolute atomic E-state index is 13.3. The largest absolute Gasteiger partial charge is 0.394 e. The Bertz CT molecular complexity index is 1800. The number of hydrogen-bond acceptors (Lipinski definition) is 18. The second kappa shape index (κ2) is 49.2. The van der Waals surface area contributed by atoms with E-state index in [0.717, 1.165) is 51.4 Å². The monoisotopic (exact) mass is 1230 g/mol. The molecule has 500 valence electrons. The fourth-order valence-electron chi connectivity index (χ4n) is 11.0. The van der Waals surface area contributed by atoms with Crippen LogP contribution in [0.25, 0.3) is 0 Å². The van der Waals surface area contributed by atoms with Gasteiger partial charge < -0.3 is 89.9 Å². The van der Waals surface area contributed by atoms with E-state index in [2.05, 4.69) is 67.8 Å². The van der Waals surface area contributed by atoms with Crippen LogP contribution in [0.5, 0.6) is 0 Å². The third-order valence-electron chi connectivity index (χ3n) is 16.5. The number of unbranched alkanes of at least 4 members (excludes halogenated alkanes) is 26. The molecule has 19 heteroatoms. The molecular formula is C67H119NO18. The summed E-state index contributed by atoms with van der Waals surface area (Å²) >= 11 is 0. The number of carbonyl (C=O) groups is 1.